The van der Waals surface area contributed by atoms with Gasteiger partial charge < -0.3 is 41.7 Å². The molecule has 236 valence electrons. The first-order valence-corrected chi connectivity index (χ1v) is 13.6. The maximum absolute atomic E-state index is 14.1. The molecule has 2 amide bonds. The Hall–Kier alpha value is -3.65. The number of nitrogens with one attached hydrogen (secondary N) is 2. The second-order valence-electron chi connectivity index (χ2n) is 12.7. The summed E-state index contributed by atoms with van der Waals surface area (Å²) in [4.78, 5) is 55.6. The van der Waals surface area contributed by atoms with Crippen molar-refractivity contribution in [3.63, 3.8) is 0 Å². The first-order chi connectivity index (χ1) is 19.3. The van der Waals surface area contributed by atoms with E-state index in [-0.39, 0.29) is 54.2 Å². The van der Waals surface area contributed by atoms with Crippen LogP contribution in [0.25, 0.3) is 0 Å². The number of Topliss-reactive ketones (excluding diaryl/α,β-unsaturated/α-hetero) is 2. The molecule has 0 heterocycles. The molecule has 4 atom stereocenters. The fourth-order valence-corrected chi connectivity index (χ4v) is 6.33. The topological polar surface area (TPSA) is 206 Å². The number of carbonyl (C=O) groups excluding carboxylic acids is 4. The SMILES string of the molecule is CN(C)c1cc(NC(=O)CNC(C)(C)C)c(O)c2c1C[C@H]1C[C@H]3[C@H](N(C)C)C(O)=C(C(N)=O)C(=O)[C@@]3(O)C(O)=C1C2=O.Cl. The zero-order valence-electron chi connectivity index (χ0n) is 25.2. The summed E-state index contributed by atoms with van der Waals surface area (Å²) in [6.07, 6.45) is 0.117. The van der Waals surface area contributed by atoms with Gasteiger partial charge in [0.15, 0.2) is 17.1 Å². The molecule has 14 heteroatoms. The van der Waals surface area contributed by atoms with Gasteiger partial charge in [0.25, 0.3) is 5.91 Å². The molecule has 0 unspecified atom stereocenters. The number of allylic oxidation sites excluding steroid dienone is 1. The van der Waals surface area contributed by atoms with Gasteiger partial charge in [-0.05, 0) is 65.3 Å². The second-order valence-corrected chi connectivity index (χ2v) is 12.7. The predicted octanol–water partition coefficient (Wildman–Crippen LogP) is 0.935. The molecular weight excluding hydrogens is 582 g/mol. The van der Waals surface area contributed by atoms with Gasteiger partial charge in [-0.15, -0.1) is 12.4 Å². The van der Waals surface area contributed by atoms with Gasteiger partial charge in [-0.2, -0.15) is 0 Å². The van der Waals surface area contributed by atoms with Crippen molar-refractivity contribution in [1.82, 2.24) is 10.2 Å². The van der Waals surface area contributed by atoms with Gasteiger partial charge in [0, 0.05) is 36.8 Å². The number of nitrogens with two attached hydrogens (primary N) is 1. The highest BCUT2D eigenvalue weighted by Gasteiger charge is 2.63. The monoisotopic (exact) mass is 621 g/mol. The number of phenolic OH excluding ortho intramolecular Hbond substituents is 1. The van der Waals surface area contributed by atoms with Gasteiger partial charge in [0.1, 0.15) is 17.1 Å². The summed E-state index contributed by atoms with van der Waals surface area (Å²) in [5.74, 6) is -7.79. The van der Waals surface area contributed by atoms with Crippen LogP contribution in [0.15, 0.2) is 28.7 Å². The number of halogens is 1. The summed E-state index contributed by atoms with van der Waals surface area (Å²) in [5, 5.41) is 51.1. The summed E-state index contributed by atoms with van der Waals surface area (Å²) < 4.78 is 0. The molecule has 1 aromatic rings. The molecule has 0 fully saturated rings. The van der Waals surface area contributed by atoms with Crippen LogP contribution in [0.2, 0.25) is 0 Å². The zero-order valence-corrected chi connectivity index (χ0v) is 26.0. The van der Waals surface area contributed by atoms with E-state index in [0.29, 0.717) is 11.3 Å². The lowest BCUT2D eigenvalue weighted by molar-refractivity contribution is -0.148. The minimum Gasteiger partial charge on any atom is -0.510 e. The Morgan fingerprint density at radius 1 is 1.12 bits per heavy atom. The Labute approximate surface area is 255 Å². The molecule has 13 nitrogen and oxygen atoms in total. The normalized spacial score (nSPS) is 25.1. The minimum atomic E-state index is -2.73. The van der Waals surface area contributed by atoms with Gasteiger partial charge in [-0.25, -0.2) is 0 Å². The number of likely N-dealkylation sites (N-methyl/N-ethyl adjacent to an activating group) is 1. The van der Waals surface area contributed by atoms with Crippen LogP contribution in [0.1, 0.15) is 43.1 Å². The van der Waals surface area contributed by atoms with Gasteiger partial charge >= 0.3 is 0 Å². The van der Waals surface area contributed by atoms with E-state index in [1.807, 2.05) is 20.8 Å². The predicted molar refractivity (Wildman–Crippen MR) is 162 cm³/mol. The molecule has 0 aromatic heterocycles. The van der Waals surface area contributed by atoms with E-state index in [0.717, 1.165) is 0 Å². The highest BCUT2D eigenvalue weighted by atomic mass is 35.5. The number of amides is 2. The Balaban J connectivity index is 0.00000506. The molecule has 3 aliphatic rings. The Morgan fingerprint density at radius 3 is 2.23 bits per heavy atom. The lowest BCUT2D eigenvalue weighted by atomic mass is 9.58. The van der Waals surface area contributed by atoms with Crippen molar-refractivity contribution >= 4 is 47.2 Å². The number of aliphatic hydroxyl groups excluding tert-OH is 2. The van der Waals surface area contributed by atoms with E-state index in [9.17, 15) is 39.6 Å². The van der Waals surface area contributed by atoms with Gasteiger partial charge in [0.2, 0.25) is 11.7 Å². The van der Waals surface area contributed by atoms with Crippen molar-refractivity contribution in [2.75, 3.05) is 45.0 Å². The molecule has 0 saturated carbocycles. The minimum absolute atomic E-state index is 0. The van der Waals surface area contributed by atoms with Crippen LogP contribution in [0.3, 0.4) is 0 Å². The molecule has 0 spiro atoms. The van der Waals surface area contributed by atoms with Crippen LogP contribution in [0, 0.1) is 11.8 Å². The summed E-state index contributed by atoms with van der Waals surface area (Å²) in [7, 11) is 6.62. The van der Waals surface area contributed by atoms with E-state index < -0.39 is 69.7 Å². The molecule has 4 rings (SSSR count). The van der Waals surface area contributed by atoms with Crippen molar-refractivity contribution < 1.29 is 39.6 Å². The van der Waals surface area contributed by atoms with E-state index in [1.54, 1.807) is 39.2 Å². The number of fused-ring (bicyclic) bond motifs is 3. The summed E-state index contributed by atoms with van der Waals surface area (Å²) in [6, 6.07) is 0.487. The summed E-state index contributed by atoms with van der Waals surface area (Å²) in [6.45, 7) is 5.60. The fraction of sp³-hybridized carbons (Fsp3) is 0.517. The van der Waals surface area contributed by atoms with Crippen molar-refractivity contribution in [2.24, 2.45) is 17.6 Å². The van der Waals surface area contributed by atoms with E-state index in [4.69, 9.17) is 5.73 Å². The number of primary amides is 1. The van der Waals surface area contributed by atoms with Crippen LogP contribution in [-0.2, 0) is 20.8 Å². The van der Waals surface area contributed by atoms with Crippen LogP contribution in [-0.4, -0.2) is 101 Å². The summed E-state index contributed by atoms with van der Waals surface area (Å²) in [5.41, 5.74) is 1.96. The Morgan fingerprint density at radius 2 is 1.72 bits per heavy atom. The molecule has 3 aliphatic carbocycles. The van der Waals surface area contributed by atoms with Crippen LogP contribution in [0.5, 0.6) is 5.75 Å². The lowest BCUT2D eigenvalue weighted by Crippen LogP contribution is -2.63. The average Bonchev–Trinajstić information content (AvgIpc) is 2.85. The molecule has 0 aliphatic heterocycles. The quantitative estimate of drug-likeness (QED) is 0.176. The molecule has 8 N–H and O–H groups in total. The number of anilines is 2. The number of nitrogens with zero attached hydrogens (tertiary/aromatic N) is 2. The third-order valence-electron chi connectivity index (χ3n) is 8.23. The van der Waals surface area contributed by atoms with Crippen LogP contribution < -0.4 is 21.3 Å². The highest BCUT2D eigenvalue weighted by Crippen LogP contribution is 2.53. The number of carbonyl (C=O) groups is 4. The number of rotatable bonds is 6. The molecule has 1 aromatic carbocycles. The van der Waals surface area contributed by atoms with Gasteiger partial charge in [-0.3, -0.25) is 24.1 Å². The first kappa shape index (κ1) is 33.8. The number of aliphatic hydroxyl groups is 3. The largest absolute Gasteiger partial charge is 0.510 e. The summed E-state index contributed by atoms with van der Waals surface area (Å²) >= 11 is 0. The van der Waals surface area contributed by atoms with Crippen LogP contribution >= 0.6 is 12.4 Å². The molecule has 0 bridgehead atoms. The number of ketones is 2. The Bertz CT molecular complexity index is 1460. The fourth-order valence-electron chi connectivity index (χ4n) is 6.33. The third-order valence-corrected chi connectivity index (χ3v) is 8.23. The lowest BCUT2D eigenvalue weighted by Gasteiger charge is -2.50. The third kappa shape index (κ3) is 5.46. The maximum Gasteiger partial charge on any atom is 0.255 e. The average molecular weight is 622 g/mol. The van der Waals surface area contributed by atoms with Crippen molar-refractivity contribution in [2.45, 2.75) is 50.8 Å². The zero-order chi connectivity index (χ0) is 31.6. The number of benzene rings is 1. The van der Waals surface area contributed by atoms with Crippen molar-refractivity contribution in [1.29, 1.82) is 0 Å². The van der Waals surface area contributed by atoms with Gasteiger partial charge in [-0.1, -0.05) is 0 Å². The second kappa shape index (κ2) is 11.5. The van der Waals surface area contributed by atoms with E-state index >= 15 is 0 Å². The molecule has 43 heavy (non-hydrogen) atoms. The first-order valence-electron chi connectivity index (χ1n) is 13.6. The molecule has 0 radical (unpaired) electrons. The standard InChI is InChI=1S/C29H39N5O8.ClH/c1-28(2,3)31-11-17(35)32-15-10-16(33(4)5)13-8-12-9-14-21(34(6)7)24(38)20(27(30)41)26(40)29(14,42)25(39)18(12)23(37)19(13)22(15)36;/h10,12,14,21,31,36,38-39,42H,8-9,11H2,1-7H3,(H2,30,41)(H,32,35);1H/t12-,14-,21-,29-;/m0./s1. The number of aromatic hydroxyl groups is 1. The number of phenols is 1. The van der Waals surface area contributed by atoms with Crippen molar-refractivity contribution in [3.8, 4) is 5.75 Å². The number of hydrogen-bond donors (Lipinski definition) is 7. The van der Waals surface area contributed by atoms with Crippen molar-refractivity contribution in [3.05, 3.63) is 39.9 Å². The Kier molecular flexibility index (Phi) is 9.01. The van der Waals surface area contributed by atoms with E-state index in [2.05, 4.69) is 10.6 Å². The molecular formula is C29H40ClN5O8. The van der Waals surface area contributed by atoms with E-state index in [1.165, 1.54) is 4.90 Å². The van der Waals surface area contributed by atoms with Crippen LogP contribution in [0.4, 0.5) is 11.4 Å². The smallest absolute Gasteiger partial charge is 0.255 e. The van der Waals surface area contributed by atoms with Gasteiger partial charge in [0.05, 0.1) is 23.8 Å². The maximum atomic E-state index is 14.1. The number of hydrogen-bond acceptors (Lipinski definition) is 11. The molecule has 0 saturated heterocycles. The highest BCUT2D eigenvalue weighted by molar-refractivity contribution is 6.25.